The number of halogens is 1. The van der Waals surface area contributed by atoms with Crippen molar-refractivity contribution in [3.8, 4) is 0 Å². The smallest absolute Gasteiger partial charge is 0.164 e. The molecule has 1 N–H and O–H groups in total. The lowest BCUT2D eigenvalue weighted by Gasteiger charge is -2.36. The van der Waals surface area contributed by atoms with Gasteiger partial charge in [-0.2, -0.15) is 0 Å². The summed E-state index contributed by atoms with van der Waals surface area (Å²) in [5, 5.41) is 4.06. The molecule has 1 aromatic carbocycles. The minimum absolute atomic E-state index is 0.00725. The number of carbonyl (C=O) groups is 1. The molecule has 0 spiro atoms. The predicted octanol–water partition coefficient (Wildman–Crippen LogP) is 4.14. The summed E-state index contributed by atoms with van der Waals surface area (Å²) < 4.78 is 0. The van der Waals surface area contributed by atoms with Gasteiger partial charge in [-0.25, -0.2) is 0 Å². The molecule has 1 aliphatic carbocycles. The first-order valence-electron chi connectivity index (χ1n) is 7.05. The molecule has 0 unspecified atom stereocenters. The standard InChI is InChI=1S/C16H22ClNO/c1-12-6-7-13(10-14(12)17)15(19)11-16(18-2)8-4-3-5-9-16/h6-7,10,18H,3-5,8-9,11H2,1-2H3. The van der Waals surface area contributed by atoms with Gasteiger partial charge < -0.3 is 5.32 Å². The number of rotatable bonds is 4. The van der Waals surface area contributed by atoms with Gasteiger partial charge in [-0.3, -0.25) is 4.79 Å². The van der Waals surface area contributed by atoms with Gasteiger partial charge >= 0.3 is 0 Å². The Morgan fingerprint density at radius 3 is 2.58 bits per heavy atom. The molecule has 1 aromatic rings. The molecule has 0 bridgehead atoms. The van der Waals surface area contributed by atoms with Crippen LogP contribution in [0.3, 0.4) is 0 Å². The van der Waals surface area contributed by atoms with E-state index in [0.717, 1.165) is 24.0 Å². The fourth-order valence-corrected chi connectivity index (χ4v) is 3.10. The number of carbonyl (C=O) groups excluding carboxylic acids is 1. The van der Waals surface area contributed by atoms with E-state index in [0.29, 0.717) is 11.4 Å². The fraction of sp³-hybridized carbons (Fsp3) is 0.562. The predicted molar refractivity (Wildman–Crippen MR) is 80.0 cm³/mol. The van der Waals surface area contributed by atoms with Crippen molar-refractivity contribution in [3.63, 3.8) is 0 Å². The quantitative estimate of drug-likeness (QED) is 0.839. The minimum Gasteiger partial charge on any atom is -0.314 e. The summed E-state index contributed by atoms with van der Waals surface area (Å²) in [6.45, 7) is 1.95. The van der Waals surface area contributed by atoms with Crippen molar-refractivity contribution in [2.45, 2.75) is 51.0 Å². The van der Waals surface area contributed by atoms with E-state index in [9.17, 15) is 4.79 Å². The van der Waals surface area contributed by atoms with Crippen molar-refractivity contribution < 1.29 is 4.79 Å². The molecule has 2 nitrogen and oxygen atoms in total. The molecule has 0 amide bonds. The van der Waals surface area contributed by atoms with E-state index in [1.807, 2.05) is 26.1 Å². The lowest BCUT2D eigenvalue weighted by Crippen LogP contribution is -2.46. The van der Waals surface area contributed by atoms with Gasteiger partial charge in [-0.15, -0.1) is 0 Å². The van der Waals surface area contributed by atoms with E-state index in [4.69, 9.17) is 11.6 Å². The Labute approximate surface area is 120 Å². The summed E-state index contributed by atoms with van der Waals surface area (Å²) in [4.78, 5) is 12.4. The highest BCUT2D eigenvalue weighted by Gasteiger charge is 2.32. The highest BCUT2D eigenvalue weighted by atomic mass is 35.5. The van der Waals surface area contributed by atoms with Crippen molar-refractivity contribution >= 4 is 17.4 Å². The van der Waals surface area contributed by atoms with E-state index in [1.165, 1.54) is 19.3 Å². The normalized spacial score (nSPS) is 18.3. The van der Waals surface area contributed by atoms with Crippen molar-refractivity contribution in [2.75, 3.05) is 7.05 Å². The molecule has 19 heavy (non-hydrogen) atoms. The summed E-state index contributed by atoms with van der Waals surface area (Å²) in [7, 11) is 1.97. The second kappa shape index (κ2) is 6.06. The van der Waals surface area contributed by atoms with Gasteiger partial charge in [0.25, 0.3) is 0 Å². The third-order valence-corrected chi connectivity index (χ3v) is 4.74. The van der Waals surface area contributed by atoms with Crippen LogP contribution in [0.15, 0.2) is 18.2 Å². The van der Waals surface area contributed by atoms with Gasteiger partial charge in [0.15, 0.2) is 5.78 Å². The molecule has 0 saturated heterocycles. The van der Waals surface area contributed by atoms with Crippen molar-refractivity contribution in [1.29, 1.82) is 0 Å². The molecule has 1 fully saturated rings. The Balaban J connectivity index is 2.12. The van der Waals surface area contributed by atoms with Gasteiger partial charge in [0.05, 0.1) is 0 Å². The molecule has 0 atom stereocenters. The van der Waals surface area contributed by atoms with Crippen LogP contribution >= 0.6 is 11.6 Å². The number of Topliss-reactive ketones (excluding diaryl/α,β-unsaturated/α-hetero) is 1. The van der Waals surface area contributed by atoms with Crippen LogP contribution in [-0.4, -0.2) is 18.4 Å². The van der Waals surface area contributed by atoms with Crippen LogP contribution in [-0.2, 0) is 0 Å². The van der Waals surface area contributed by atoms with Crippen LogP contribution in [0.1, 0.15) is 54.4 Å². The monoisotopic (exact) mass is 279 g/mol. The molecule has 3 heteroatoms. The molecule has 0 radical (unpaired) electrons. The van der Waals surface area contributed by atoms with Crippen LogP contribution in [0, 0.1) is 6.92 Å². The van der Waals surface area contributed by atoms with E-state index < -0.39 is 0 Å². The van der Waals surface area contributed by atoms with E-state index in [1.54, 1.807) is 6.07 Å². The first-order chi connectivity index (χ1) is 9.06. The summed E-state index contributed by atoms with van der Waals surface area (Å²) >= 11 is 6.10. The number of aryl methyl sites for hydroxylation is 1. The van der Waals surface area contributed by atoms with Gasteiger partial charge in [0, 0.05) is 22.5 Å². The molecule has 1 aliphatic rings. The second-order valence-electron chi connectivity index (χ2n) is 5.65. The number of hydrogen-bond acceptors (Lipinski definition) is 2. The maximum absolute atomic E-state index is 12.4. The van der Waals surface area contributed by atoms with Gasteiger partial charge in [-0.1, -0.05) is 43.0 Å². The maximum Gasteiger partial charge on any atom is 0.164 e. The average molecular weight is 280 g/mol. The second-order valence-corrected chi connectivity index (χ2v) is 6.06. The largest absolute Gasteiger partial charge is 0.314 e. The fourth-order valence-electron chi connectivity index (χ4n) is 2.92. The Kier molecular flexibility index (Phi) is 4.64. The van der Waals surface area contributed by atoms with Crippen LogP contribution in [0.25, 0.3) is 0 Å². The zero-order valence-corrected chi connectivity index (χ0v) is 12.5. The van der Waals surface area contributed by atoms with Crippen LogP contribution in [0.4, 0.5) is 0 Å². The average Bonchev–Trinajstić information content (AvgIpc) is 2.43. The van der Waals surface area contributed by atoms with Crippen LogP contribution in [0.5, 0.6) is 0 Å². The Morgan fingerprint density at radius 2 is 2.00 bits per heavy atom. The molecule has 0 aliphatic heterocycles. The maximum atomic E-state index is 12.4. The lowest BCUT2D eigenvalue weighted by molar-refractivity contribution is 0.0915. The zero-order valence-electron chi connectivity index (χ0n) is 11.8. The van der Waals surface area contributed by atoms with Gasteiger partial charge in [0.2, 0.25) is 0 Å². The lowest BCUT2D eigenvalue weighted by atomic mass is 9.77. The zero-order chi connectivity index (χ0) is 13.9. The molecule has 104 valence electrons. The topological polar surface area (TPSA) is 29.1 Å². The van der Waals surface area contributed by atoms with Gasteiger partial charge in [0.1, 0.15) is 0 Å². The molecule has 0 heterocycles. The summed E-state index contributed by atoms with van der Waals surface area (Å²) in [6.07, 6.45) is 6.46. The molecule has 1 saturated carbocycles. The van der Waals surface area contributed by atoms with Gasteiger partial charge in [-0.05, 0) is 38.4 Å². The molecule has 2 rings (SSSR count). The summed E-state index contributed by atoms with van der Waals surface area (Å²) in [5.41, 5.74) is 1.74. The number of ketones is 1. The van der Waals surface area contributed by atoms with Crippen molar-refractivity contribution in [1.82, 2.24) is 5.32 Å². The SMILES string of the molecule is CNC1(CC(=O)c2ccc(C)c(Cl)c2)CCCCC1. The molecule has 0 aromatic heterocycles. The Hall–Kier alpha value is -0.860. The van der Waals surface area contributed by atoms with Crippen molar-refractivity contribution in [3.05, 3.63) is 34.3 Å². The number of benzene rings is 1. The minimum atomic E-state index is -0.00725. The number of nitrogens with one attached hydrogen (secondary N) is 1. The Morgan fingerprint density at radius 1 is 1.32 bits per heavy atom. The van der Waals surface area contributed by atoms with E-state index >= 15 is 0 Å². The highest BCUT2D eigenvalue weighted by Crippen LogP contribution is 2.32. The third kappa shape index (κ3) is 3.37. The molecular weight excluding hydrogens is 258 g/mol. The summed E-state index contributed by atoms with van der Waals surface area (Å²) in [6, 6.07) is 5.60. The summed E-state index contributed by atoms with van der Waals surface area (Å²) in [5.74, 6) is 0.193. The van der Waals surface area contributed by atoms with E-state index in [2.05, 4.69) is 5.32 Å². The third-order valence-electron chi connectivity index (χ3n) is 4.33. The first kappa shape index (κ1) is 14.5. The highest BCUT2D eigenvalue weighted by molar-refractivity contribution is 6.31. The number of hydrogen-bond donors (Lipinski definition) is 1. The van der Waals surface area contributed by atoms with Crippen molar-refractivity contribution in [2.24, 2.45) is 0 Å². The molecular formula is C16H22ClNO. The van der Waals surface area contributed by atoms with Crippen LogP contribution < -0.4 is 5.32 Å². The van der Waals surface area contributed by atoms with E-state index in [-0.39, 0.29) is 11.3 Å². The Bertz CT molecular complexity index is 464. The van der Waals surface area contributed by atoms with Crippen LogP contribution in [0.2, 0.25) is 5.02 Å². The first-order valence-corrected chi connectivity index (χ1v) is 7.42.